The van der Waals surface area contributed by atoms with Gasteiger partial charge in [-0.1, -0.05) is 56.3 Å². The van der Waals surface area contributed by atoms with Crippen molar-refractivity contribution in [2.45, 2.75) is 39.3 Å². The van der Waals surface area contributed by atoms with Crippen molar-refractivity contribution >= 4 is 12.1 Å². The number of nitrogens with zero attached hydrogens (tertiary/aromatic N) is 1. The molecule has 1 aliphatic carbocycles. The molecule has 2 aromatic carbocycles. The summed E-state index contributed by atoms with van der Waals surface area (Å²) in [5.74, 6) is -0.851. The molecule has 5 nitrogen and oxygen atoms in total. The van der Waals surface area contributed by atoms with Gasteiger partial charge < -0.3 is 9.84 Å². The lowest BCUT2D eigenvalue weighted by atomic mass is 10.0. The van der Waals surface area contributed by atoms with Crippen LogP contribution in [0.3, 0.4) is 0 Å². The first kappa shape index (κ1) is 19.0. The van der Waals surface area contributed by atoms with Crippen molar-refractivity contribution in [3.8, 4) is 11.1 Å². The number of rotatable bonds is 6. The van der Waals surface area contributed by atoms with Crippen LogP contribution in [0.25, 0.3) is 11.1 Å². The van der Waals surface area contributed by atoms with Crippen molar-refractivity contribution in [3.05, 3.63) is 59.2 Å². The second kappa shape index (κ2) is 7.82. The highest BCUT2D eigenvalue weighted by Crippen LogP contribution is 2.38. The fourth-order valence-corrected chi connectivity index (χ4v) is 3.60. The van der Waals surface area contributed by atoms with Crippen LogP contribution in [0, 0.1) is 5.92 Å². The predicted octanol–water partition coefficient (Wildman–Crippen LogP) is 4.33. The van der Waals surface area contributed by atoms with Gasteiger partial charge in [-0.15, -0.1) is 0 Å². The first-order valence-electron chi connectivity index (χ1n) is 9.20. The first-order chi connectivity index (χ1) is 12.9. The van der Waals surface area contributed by atoms with Crippen molar-refractivity contribution in [1.82, 2.24) is 4.90 Å². The third-order valence-corrected chi connectivity index (χ3v) is 5.03. The molecule has 1 unspecified atom stereocenters. The van der Waals surface area contributed by atoms with Crippen LogP contribution in [-0.2, 0) is 22.6 Å². The zero-order valence-electron chi connectivity index (χ0n) is 15.9. The van der Waals surface area contributed by atoms with Gasteiger partial charge in [0.05, 0.1) is 0 Å². The predicted molar refractivity (Wildman–Crippen MR) is 104 cm³/mol. The summed E-state index contributed by atoms with van der Waals surface area (Å²) in [6.07, 6.45) is 0.591. The molecule has 2 aromatic rings. The molecule has 0 bridgehead atoms. The van der Waals surface area contributed by atoms with E-state index in [4.69, 9.17) is 4.74 Å². The minimum Gasteiger partial charge on any atom is -0.480 e. The lowest BCUT2D eigenvalue weighted by Crippen LogP contribution is -2.43. The Morgan fingerprint density at radius 2 is 1.81 bits per heavy atom. The van der Waals surface area contributed by atoms with Gasteiger partial charge in [0.25, 0.3) is 0 Å². The van der Waals surface area contributed by atoms with Crippen molar-refractivity contribution < 1.29 is 19.4 Å². The highest BCUT2D eigenvalue weighted by Gasteiger charge is 2.29. The van der Waals surface area contributed by atoms with E-state index in [0.717, 1.165) is 12.0 Å². The van der Waals surface area contributed by atoms with Crippen LogP contribution < -0.4 is 0 Å². The van der Waals surface area contributed by atoms with Crippen LogP contribution in [0.2, 0.25) is 0 Å². The molecular weight excluding hydrogens is 342 g/mol. The molecule has 0 radical (unpaired) electrons. The third kappa shape index (κ3) is 3.97. The second-order valence-corrected chi connectivity index (χ2v) is 7.43. The van der Waals surface area contributed by atoms with Gasteiger partial charge in [0.15, 0.2) is 0 Å². The van der Waals surface area contributed by atoms with Crippen LogP contribution in [0.15, 0.2) is 42.5 Å². The van der Waals surface area contributed by atoms with E-state index in [9.17, 15) is 14.7 Å². The smallest absolute Gasteiger partial charge is 0.410 e. The number of carbonyl (C=O) groups excluding carboxylic acids is 1. The fourth-order valence-electron chi connectivity index (χ4n) is 3.60. The van der Waals surface area contributed by atoms with Gasteiger partial charge in [0.2, 0.25) is 0 Å². The molecule has 0 spiro atoms. The van der Waals surface area contributed by atoms with Crippen molar-refractivity contribution in [2.24, 2.45) is 5.92 Å². The van der Waals surface area contributed by atoms with E-state index in [2.05, 4.69) is 18.2 Å². The van der Waals surface area contributed by atoms with Gasteiger partial charge in [-0.3, -0.25) is 4.90 Å². The van der Waals surface area contributed by atoms with E-state index in [1.165, 1.54) is 34.2 Å². The lowest BCUT2D eigenvalue weighted by molar-refractivity contribution is -0.142. The summed E-state index contributed by atoms with van der Waals surface area (Å²) in [4.78, 5) is 25.1. The minimum atomic E-state index is -1.01. The summed E-state index contributed by atoms with van der Waals surface area (Å²) in [5, 5.41) is 9.40. The average molecular weight is 367 g/mol. The number of likely N-dealkylation sites (N-methyl/N-ethyl adjacent to an activating group) is 1. The number of carboxylic acid groups (broad SMARTS) is 1. The van der Waals surface area contributed by atoms with E-state index in [0.29, 0.717) is 6.42 Å². The summed E-state index contributed by atoms with van der Waals surface area (Å²) >= 11 is 0. The standard InChI is InChI=1S/C22H25NO4/c1-14(2)11-20(21(24)25)23(3)22(26)27-13-16-8-6-10-18-17-9-5-4-7-15(17)12-19(16)18/h4-10,14,20H,11-13H2,1-3H3,(H,24,25). The number of aliphatic carboxylic acids is 1. The van der Waals surface area contributed by atoms with E-state index in [1.807, 2.05) is 38.1 Å². The Morgan fingerprint density at radius 3 is 2.52 bits per heavy atom. The molecule has 1 aliphatic rings. The van der Waals surface area contributed by atoms with Gasteiger partial charge in [-0.05, 0) is 46.6 Å². The minimum absolute atomic E-state index is 0.133. The molecule has 1 atom stereocenters. The zero-order chi connectivity index (χ0) is 19.6. The van der Waals surface area contributed by atoms with E-state index < -0.39 is 18.1 Å². The number of amides is 1. The SMILES string of the molecule is CC(C)CC(C(=O)O)N(C)C(=O)OCc1cccc2c1Cc1ccccc1-2. The lowest BCUT2D eigenvalue weighted by Gasteiger charge is -2.25. The highest BCUT2D eigenvalue weighted by molar-refractivity contribution is 5.80. The van der Waals surface area contributed by atoms with Crippen LogP contribution in [0.1, 0.15) is 37.0 Å². The van der Waals surface area contributed by atoms with Crippen molar-refractivity contribution in [3.63, 3.8) is 0 Å². The number of carbonyl (C=O) groups is 2. The number of hydrogen-bond acceptors (Lipinski definition) is 3. The normalized spacial score (nSPS) is 13.0. The Hall–Kier alpha value is -2.82. The van der Waals surface area contributed by atoms with Gasteiger partial charge in [-0.2, -0.15) is 0 Å². The number of carboxylic acids is 1. The molecule has 1 amide bonds. The van der Waals surface area contributed by atoms with Crippen LogP contribution in [-0.4, -0.2) is 35.2 Å². The maximum atomic E-state index is 12.4. The van der Waals surface area contributed by atoms with Gasteiger partial charge in [-0.25, -0.2) is 9.59 Å². The topological polar surface area (TPSA) is 66.8 Å². The average Bonchev–Trinajstić information content (AvgIpc) is 3.02. The maximum Gasteiger partial charge on any atom is 0.410 e. The van der Waals surface area contributed by atoms with Gasteiger partial charge in [0, 0.05) is 7.05 Å². The Morgan fingerprint density at radius 1 is 1.11 bits per heavy atom. The Balaban J connectivity index is 1.71. The molecule has 0 aliphatic heterocycles. The number of fused-ring (bicyclic) bond motifs is 3. The van der Waals surface area contributed by atoms with Crippen LogP contribution >= 0.6 is 0 Å². The molecule has 1 N–H and O–H groups in total. The monoisotopic (exact) mass is 367 g/mol. The number of benzene rings is 2. The van der Waals surface area contributed by atoms with E-state index in [1.54, 1.807) is 0 Å². The molecule has 3 rings (SSSR count). The second-order valence-electron chi connectivity index (χ2n) is 7.43. The molecule has 0 heterocycles. The van der Waals surface area contributed by atoms with Crippen molar-refractivity contribution in [2.75, 3.05) is 7.05 Å². The van der Waals surface area contributed by atoms with Crippen LogP contribution in [0.5, 0.6) is 0 Å². The highest BCUT2D eigenvalue weighted by atomic mass is 16.6. The molecule has 0 saturated heterocycles. The number of ether oxygens (including phenoxy) is 1. The molecule has 0 saturated carbocycles. The summed E-state index contributed by atoms with van der Waals surface area (Å²) in [6.45, 7) is 3.99. The summed E-state index contributed by atoms with van der Waals surface area (Å²) < 4.78 is 5.45. The summed E-state index contributed by atoms with van der Waals surface area (Å²) in [6, 6.07) is 13.4. The van der Waals surface area contributed by atoms with Crippen molar-refractivity contribution in [1.29, 1.82) is 0 Å². The molecule has 5 heteroatoms. The zero-order valence-corrected chi connectivity index (χ0v) is 15.9. The molecule has 0 fully saturated rings. The molecule has 0 aromatic heterocycles. The van der Waals surface area contributed by atoms with Gasteiger partial charge >= 0.3 is 12.1 Å². The Bertz CT molecular complexity index is 859. The molecule has 27 heavy (non-hydrogen) atoms. The third-order valence-electron chi connectivity index (χ3n) is 5.03. The summed E-state index contributed by atoms with van der Waals surface area (Å²) in [7, 11) is 1.48. The Labute approximate surface area is 159 Å². The van der Waals surface area contributed by atoms with E-state index >= 15 is 0 Å². The van der Waals surface area contributed by atoms with Crippen LogP contribution in [0.4, 0.5) is 4.79 Å². The quantitative estimate of drug-likeness (QED) is 0.704. The van der Waals surface area contributed by atoms with E-state index in [-0.39, 0.29) is 12.5 Å². The summed E-state index contributed by atoms with van der Waals surface area (Å²) in [5.41, 5.74) is 5.80. The Kier molecular flexibility index (Phi) is 5.49. The molecule has 142 valence electrons. The number of hydrogen-bond donors (Lipinski definition) is 1. The largest absolute Gasteiger partial charge is 0.480 e. The fraction of sp³-hybridized carbons (Fsp3) is 0.364. The first-order valence-corrected chi connectivity index (χ1v) is 9.20. The maximum absolute atomic E-state index is 12.4. The molecular formula is C22H25NO4. The van der Waals surface area contributed by atoms with Gasteiger partial charge in [0.1, 0.15) is 12.6 Å².